The number of rotatable bonds is 3. The fourth-order valence-electron chi connectivity index (χ4n) is 3.51. The van der Waals surface area contributed by atoms with Crippen molar-refractivity contribution in [1.29, 1.82) is 0 Å². The molecule has 0 spiro atoms. The Morgan fingerprint density at radius 1 is 1.28 bits per heavy atom. The highest BCUT2D eigenvalue weighted by atomic mass is 16.5. The van der Waals surface area contributed by atoms with E-state index in [9.17, 15) is 5.11 Å². The fraction of sp³-hybridized carbons (Fsp3) is 0.600. The molecule has 1 aromatic rings. The molecule has 1 aromatic carbocycles. The second-order valence-electron chi connectivity index (χ2n) is 5.64. The van der Waals surface area contributed by atoms with Gasteiger partial charge in [0, 0.05) is 31.3 Å². The molecule has 18 heavy (non-hydrogen) atoms. The maximum Gasteiger partial charge on any atom is 0.123 e. The SMILES string of the molecule is COc1ccc(CN2CC3CCCC3C2)c(O)c1. The predicted molar refractivity (Wildman–Crippen MR) is 70.8 cm³/mol. The van der Waals surface area contributed by atoms with Crippen molar-refractivity contribution in [3.63, 3.8) is 0 Å². The number of nitrogens with zero attached hydrogens (tertiary/aromatic N) is 1. The summed E-state index contributed by atoms with van der Waals surface area (Å²) in [7, 11) is 1.62. The van der Waals surface area contributed by atoms with E-state index in [0.29, 0.717) is 5.75 Å². The third-order valence-electron chi connectivity index (χ3n) is 4.49. The van der Waals surface area contributed by atoms with Gasteiger partial charge in [-0.05, 0) is 30.7 Å². The standard InChI is InChI=1S/C15H21NO2/c1-18-14-6-5-13(15(17)7-14)10-16-8-11-3-2-4-12(11)9-16/h5-7,11-12,17H,2-4,8-10H2,1H3. The summed E-state index contributed by atoms with van der Waals surface area (Å²) in [6.07, 6.45) is 4.21. The van der Waals surface area contributed by atoms with Crippen molar-refractivity contribution in [3.8, 4) is 11.5 Å². The van der Waals surface area contributed by atoms with E-state index >= 15 is 0 Å². The van der Waals surface area contributed by atoms with Crippen LogP contribution in [-0.4, -0.2) is 30.2 Å². The van der Waals surface area contributed by atoms with Gasteiger partial charge in [0.05, 0.1) is 7.11 Å². The first kappa shape index (κ1) is 11.8. The minimum Gasteiger partial charge on any atom is -0.507 e. The largest absolute Gasteiger partial charge is 0.507 e. The molecule has 1 saturated carbocycles. The van der Waals surface area contributed by atoms with Gasteiger partial charge in [-0.2, -0.15) is 0 Å². The van der Waals surface area contributed by atoms with Crippen molar-refractivity contribution in [2.24, 2.45) is 11.8 Å². The molecule has 2 unspecified atom stereocenters. The smallest absolute Gasteiger partial charge is 0.123 e. The third-order valence-corrected chi connectivity index (χ3v) is 4.49. The summed E-state index contributed by atoms with van der Waals surface area (Å²) in [6, 6.07) is 5.60. The Bertz CT molecular complexity index is 421. The molecule has 0 radical (unpaired) electrons. The molecule has 2 fully saturated rings. The van der Waals surface area contributed by atoms with E-state index in [2.05, 4.69) is 4.90 Å². The number of hydrogen-bond donors (Lipinski definition) is 1. The average molecular weight is 247 g/mol. The second-order valence-corrected chi connectivity index (χ2v) is 5.64. The Hall–Kier alpha value is -1.22. The van der Waals surface area contributed by atoms with Gasteiger partial charge in [-0.15, -0.1) is 0 Å². The summed E-state index contributed by atoms with van der Waals surface area (Å²) in [6.45, 7) is 3.27. The molecule has 1 aliphatic heterocycles. The monoisotopic (exact) mass is 247 g/mol. The maximum absolute atomic E-state index is 9.98. The van der Waals surface area contributed by atoms with E-state index in [4.69, 9.17) is 4.74 Å². The zero-order valence-electron chi connectivity index (χ0n) is 10.9. The Labute approximate surface area is 108 Å². The predicted octanol–water partition coefficient (Wildman–Crippen LogP) is 2.63. The number of likely N-dealkylation sites (tertiary alicyclic amines) is 1. The van der Waals surface area contributed by atoms with E-state index in [-0.39, 0.29) is 0 Å². The lowest BCUT2D eigenvalue weighted by Gasteiger charge is -2.17. The molecule has 0 bridgehead atoms. The molecule has 1 saturated heterocycles. The van der Waals surface area contributed by atoms with Crippen LogP contribution < -0.4 is 4.74 Å². The lowest BCUT2D eigenvalue weighted by molar-refractivity contribution is 0.297. The van der Waals surface area contributed by atoms with Crippen LogP contribution in [0.15, 0.2) is 18.2 Å². The van der Waals surface area contributed by atoms with E-state index in [1.807, 2.05) is 12.1 Å². The Kier molecular flexibility index (Phi) is 3.16. The van der Waals surface area contributed by atoms with Gasteiger partial charge in [0.1, 0.15) is 11.5 Å². The molecular formula is C15H21NO2. The molecule has 2 atom stereocenters. The van der Waals surface area contributed by atoms with E-state index in [0.717, 1.165) is 29.7 Å². The summed E-state index contributed by atoms with van der Waals surface area (Å²) in [5.74, 6) is 2.89. The molecule has 1 N–H and O–H groups in total. The van der Waals surface area contributed by atoms with Gasteiger partial charge in [0.2, 0.25) is 0 Å². The van der Waals surface area contributed by atoms with Crippen molar-refractivity contribution < 1.29 is 9.84 Å². The average Bonchev–Trinajstić information content (AvgIpc) is 2.92. The number of phenolic OH excluding ortho intramolecular Hbond substituents is 1. The van der Waals surface area contributed by atoms with Crippen molar-refractivity contribution in [1.82, 2.24) is 4.90 Å². The summed E-state index contributed by atoms with van der Waals surface area (Å²) < 4.78 is 5.11. The van der Waals surface area contributed by atoms with Gasteiger partial charge >= 0.3 is 0 Å². The third kappa shape index (κ3) is 2.19. The van der Waals surface area contributed by atoms with Crippen LogP contribution in [0.5, 0.6) is 11.5 Å². The van der Waals surface area contributed by atoms with Gasteiger partial charge in [-0.1, -0.05) is 12.5 Å². The molecule has 3 heteroatoms. The normalized spacial score (nSPS) is 27.4. The van der Waals surface area contributed by atoms with E-state index in [1.165, 1.54) is 32.4 Å². The highest BCUT2D eigenvalue weighted by Crippen LogP contribution is 2.38. The van der Waals surface area contributed by atoms with Crippen LogP contribution in [0.3, 0.4) is 0 Å². The Morgan fingerprint density at radius 2 is 2.00 bits per heavy atom. The van der Waals surface area contributed by atoms with Crippen molar-refractivity contribution in [2.45, 2.75) is 25.8 Å². The molecule has 2 aliphatic rings. The quantitative estimate of drug-likeness (QED) is 0.891. The number of fused-ring (bicyclic) bond motifs is 1. The summed E-state index contributed by atoms with van der Waals surface area (Å²) in [5, 5.41) is 9.98. The molecule has 1 heterocycles. The number of hydrogen-bond acceptors (Lipinski definition) is 3. The number of ether oxygens (including phenoxy) is 1. The van der Waals surface area contributed by atoms with Gasteiger partial charge < -0.3 is 9.84 Å². The minimum absolute atomic E-state index is 0.353. The van der Waals surface area contributed by atoms with Crippen LogP contribution in [0.2, 0.25) is 0 Å². The highest BCUT2D eigenvalue weighted by Gasteiger charge is 2.35. The number of methoxy groups -OCH3 is 1. The zero-order chi connectivity index (χ0) is 12.5. The first-order valence-electron chi connectivity index (χ1n) is 6.84. The molecule has 98 valence electrons. The number of phenols is 1. The Balaban J connectivity index is 1.66. The first-order chi connectivity index (χ1) is 8.76. The topological polar surface area (TPSA) is 32.7 Å². The number of aromatic hydroxyl groups is 1. The number of benzene rings is 1. The van der Waals surface area contributed by atoms with Crippen LogP contribution in [0.1, 0.15) is 24.8 Å². The first-order valence-corrected chi connectivity index (χ1v) is 6.84. The molecule has 0 amide bonds. The second kappa shape index (κ2) is 4.81. The molecule has 0 aromatic heterocycles. The van der Waals surface area contributed by atoms with Gasteiger partial charge in [0.15, 0.2) is 0 Å². The van der Waals surface area contributed by atoms with Crippen LogP contribution in [0.4, 0.5) is 0 Å². The van der Waals surface area contributed by atoms with Gasteiger partial charge in [-0.25, -0.2) is 0 Å². The zero-order valence-corrected chi connectivity index (χ0v) is 10.9. The molecule has 3 rings (SSSR count). The van der Waals surface area contributed by atoms with Crippen molar-refractivity contribution in [2.75, 3.05) is 20.2 Å². The van der Waals surface area contributed by atoms with Gasteiger partial charge in [0.25, 0.3) is 0 Å². The van der Waals surface area contributed by atoms with Gasteiger partial charge in [-0.3, -0.25) is 4.90 Å². The lowest BCUT2D eigenvalue weighted by Crippen LogP contribution is -2.21. The minimum atomic E-state index is 0.353. The van der Waals surface area contributed by atoms with Crippen molar-refractivity contribution >= 4 is 0 Å². The summed E-state index contributed by atoms with van der Waals surface area (Å²) >= 11 is 0. The summed E-state index contributed by atoms with van der Waals surface area (Å²) in [4.78, 5) is 2.48. The van der Waals surface area contributed by atoms with Crippen LogP contribution >= 0.6 is 0 Å². The van der Waals surface area contributed by atoms with E-state index < -0.39 is 0 Å². The lowest BCUT2D eigenvalue weighted by atomic mass is 10.0. The molecular weight excluding hydrogens is 226 g/mol. The van der Waals surface area contributed by atoms with Crippen LogP contribution in [-0.2, 0) is 6.54 Å². The van der Waals surface area contributed by atoms with Crippen molar-refractivity contribution in [3.05, 3.63) is 23.8 Å². The highest BCUT2D eigenvalue weighted by molar-refractivity contribution is 5.39. The van der Waals surface area contributed by atoms with Crippen LogP contribution in [0, 0.1) is 11.8 Å². The fourth-order valence-corrected chi connectivity index (χ4v) is 3.51. The van der Waals surface area contributed by atoms with Crippen LogP contribution in [0.25, 0.3) is 0 Å². The maximum atomic E-state index is 9.98. The molecule has 1 aliphatic carbocycles. The van der Waals surface area contributed by atoms with E-state index in [1.54, 1.807) is 13.2 Å². The molecule has 3 nitrogen and oxygen atoms in total. The summed E-state index contributed by atoms with van der Waals surface area (Å²) in [5.41, 5.74) is 1.01. The Morgan fingerprint density at radius 3 is 2.61 bits per heavy atom.